The van der Waals surface area contributed by atoms with E-state index in [0.29, 0.717) is 35.6 Å². The summed E-state index contributed by atoms with van der Waals surface area (Å²) in [7, 11) is 0. The highest BCUT2D eigenvalue weighted by Crippen LogP contribution is 2.36. The first-order valence-corrected chi connectivity index (χ1v) is 9.36. The van der Waals surface area contributed by atoms with Gasteiger partial charge in [-0.1, -0.05) is 13.8 Å². The number of hydrogen-bond donors (Lipinski definition) is 2. The van der Waals surface area contributed by atoms with Crippen molar-refractivity contribution in [1.29, 1.82) is 0 Å². The molecule has 0 fully saturated rings. The van der Waals surface area contributed by atoms with Crippen LogP contribution >= 0.6 is 0 Å². The Morgan fingerprint density at radius 2 is 2.07 bits per heavy atom. The van der Waals surface area contributed by atoms with Gasteiger partial charge >= 0.3 is 0 Å². The molecule has 3 aromatic rings. The summed E-state index contributed by atoms with van der Waals surface area (Å²) in [5.41, 5.74) is 2.56. The van der Waals surface area contributed by atoms with Crippen LogP contribution in [-0.2, 0) is 13.0 Å². The molecule has 0 bridgehead atoms. The number of rotatable bonds is 4. The number of carbonyl (C=O) groups excluding carboxylic acids is 2. The average Bonchev–Trinajstić information content (AvgIpc) is 3.27. The largest absolute Gasteiger partial charge is 0.464 e. The lowest BCUT2D eigenvalue weighted by molar-refractivity contribution is 0.0910. The molecule has 0 radical (unpaired) electrons. The fraction of sp³-hybridized carbons (Fsp3) is 0.381. The molecule has 3 aromatic heterocycles. The molecule has 1 aliphatic rings. The van der Waals surface area contributed by atoms with Crippen molar-refractivity contribution < 1.29 is 14.0 Å². The van der Waals surface area contributed by atoms with Crippen LogP contribution in [0.25, 0.3) is 0 Å². The van der Waals surface area contributed by atoms with Crippen molar-refractivity contribution in [3.8, 4) is 0 Å². The van der Waals surface area contributed by atoms with Gasteiger partial charge in [0.15, 0.2) is 5.78 Å². The summed E-state index contributed by atoms with van der Waals surface area (Å²) in [5, 5.41) is 7.16. The number of aromatic nitrogens is 3. The maximum atomic E-state index is 12.9. The monoisotopic (exact) mass is 380 g/mol. The lowest BCUT2D eigenvalue weighted by Crippen LogP contribution is -2.26. The van der Waals surface area contributed by atoms with E-state index in [0.717, 1.165) is 23.6 Å². The van der Waals surface area contributed by atoms with E-state index in [1.165, 1.54) is 0 Å². The number of carbonyl (C=O) groups is 2. The topological polar surface area (TPSA) is 92.9 Å². The normalized spacial score (nSPS) is 15.5. The molecule has 0 spiro atoms. The number of nitrogens with zero attached hydrogens (tertiary/aromatic N) is 2. The third kappa shape index (κ3) is 3.28. The molecule has 146 valence electrons. The standard InChI is InChI=1S/C21H24N4O3/c1-12-5-6-14(28-12)11-25-17(7-8-22-25)24-20(27)19-13(2)18-15(23-19)9-21(3,4)10-16(18)26/h5-8,23H,9-11H2,1-4H3,(H,24,27). The van der Waals surface area contributed by atoms with Crippen molar-refractivity contribution in [3.63, 3.8) is 0 Å². The first kappa shape index (κ1) is 18.3. The second-order valence-corrected chi connectivity index (χ2v) is 8.26. The number of H-pyrrole nitrogens is 1. The molecule has 0 saturated heterocycles. The zero-order chi connectivity index (χ0) is 20.1. The molecule has 0 atom stereocenters. The predicted molar refractivity (Wildman–Crippen MR) is 105 cm³/mol. The van der Waals surface area contributed by atoms with E-state index < -0.39 is 0 Å². The van der Waals surface area contributed by atoms with Crippen molar-refractivity contribution in [2.24, 2.45) is 5.41 Å². The summed E-state index contributed by atoms with van der Waals surface area (Å²) < 4.78 is 7.26. The molecule has 0 unspecified atom stereocenters. The summed E-state index contributed by atoms with van der Waals surface area (Å²) in [6.07, 6.45) is 2.87. The molecular weight excluding hydrogens is 356 g/mol. The highest BCUT2D eigenvalue weighted by molar-refractivity contribution is 6.08. The zero-order valence-electron chi connectivity index (χ0n) is 16.5. The maximum Gasteiger partial charge on any atom is 0.273 e. The SMILES string of the molecule is Cc1ccc(Cn2nccc2NC(=O)c2[nH]c3c(c2C)C(=O)CC(C)(C)C3)o1. The second-order valence-electron chi connectivity index (χ2n) is 8.26. The van der Waals surface area contributed by atoms with E-state index in [2.05, 4.69) is 29.2 Å². The molecule has 1 amide bonds. The number of nitrogens with one attached hydrogen (secondary N) is 2. The van der Waals surface area contributed by atoms with E-state index in [4.69, 9.17) is 4.42 Å². The highest BCUT2D eigenvalue weighted by Gasteiger charge is 2.35. The van der Waals surface area contributed by atoms with Gasteiger partial charge in [0.05, 0.1) is 6.20 Å². The zero-order valence-corrected chi connectivity index (χ0v) is 16.5. The molecule has 28 heavy (non-hydrogen) atoms. The Bertz CT molecular complexity index is 1070. The van der Waals surface area contributed by atoms with Crippen LogP contribution < -0.4 is 5.32 Å². The van der Waals surface area contributed by atoms with Crippen molar-refractivity contribution in [2.75, 3.05) is 5.32 Å². The number of ketones is 1. The Balaban J connectivity index is 1.57. The molecule has 0 aromatic carbocycles. The number of amides is 1. The molecule has 4 rings (SSSR count). The Morgan fingerprint density at radius 3 is 2.79 bits per heavy atom. The third-order valence-corrected chi connectivity index (χ3v) is 5.19. The van der Waals surface area contributed by atoms with Crippen LogP contribution in [0.1, 0.15) is 63.9 Å². The molecular formula is C21H24N4O3. The van der Waals surface area contributed by atoms with Crippen molar-refractivity contribution in [2.45, 2.75) is 47.1 Å². The van der Waals surface area contributed by atoms with Crippen LogP contribution in [0.3, 0.4) is 0 Å². The Hall–Kier alpha value is -3.09. The third-order valence-electron chi connectivity index (χ3n) is 5.19. The Kier molecular flexibility index (Phi) is 4.25. The van der Waals surface area contributed by atoms with Crippen LogP contribution in [0.5, 0.6) is 0 Å². The Labute approximate surface area is 163 Å². The smallest absolute Gasteiger partial charge is 0.273 e. The molecule has 7 nitrogen and oxygen atoms in total. The lowest BCUT2D eigenvalue weighted by atomic mass is 9.75. The van der Waals surface area contributed by atoms with Crippen LogP contribution in [-0.4, -0.2) is 26.5 Å². The van der Waals surface area contributed by atoms with Gasteiger partial charge in [0.1, 0.15) is 29.6 Å². The van der Waals surface area contributed by atoms with Gasteiger partial charge in [-0.15, -0.1) is 0 Å². The fourth-order valence-corrected chi connectivity index (χ4v) is 3.92. The summed E-state index contributed by atoms with van der Waals surface area (Å²) in [4.78, 5) is 28.7. The van der Waals surface area contributed by atoms with E-state index >= 15 is 0 Å². The summed E-state index contributed by atoms with van der Waals surface area (Å²) in [5.74, 6) is 1.97. The first-order chi connectivity index (χ1) is 13.2. The van der Waals surface area contributed by atoms with Crippen molar-refractivity contribution in [1.82, 2.24) is 14.8 Å². The molecule has 7 heteroatoms. The number of aryl methyl sites for hydroxylation is 1. The van der Waals surface area contributed by atoms with Gasteiger partial charge in [-0.2, -0.15) is 5.10 Å². The molecule has 3 heterocycles. The number of furan rings is 1. The number of anilines is 1. The first-order valence-electron chi connectivity index (χ1n) is 9.36. The molecule has 0 saturated carbocycles. The number of hydrogen-bond acceptors (Lipinski definition) is 4. The van der Waals surface area contributed by atoms with E-state index in [-0.39, 0.29) is 17.1 Å². The Morgan fingerprint density at radius 1 is 1.29 bits per heavy atom. The van der Waals surface area contributed by atoms with E-state index in [9.17, 15) is 9.59 Å². The fourth-order valence-electron chi connectivity index (χ4n) is 3.92. The average molecular weight is 380 g/mol. The van der Waals surface area contributed by atoms with Gasteiger partial charge in [-0.05, 0) is 43.4 Å². The molecule has 2 N–H and O–H groups in total. The molecule has 0 aliphatic heterocycles. The minimum Gasteiger partial charge on any atom is -0.464 e. The molecule has 1 aliphatic carbocycles. The summed E-state index contributed by atoms with van der Waals surface area (Å²) in [6.45, 7) is 8.26. The lowest BCUT2D eigenvalue weighted by Gasteiger charge is -2.28. The van der Waals surface area contributed by atoms with Crippen LogP contribution in [0.15, 0.2) is 28.8 Å². The van der Waals surface area contributed by atoms with Crippen LogP contribution in [0.2, 0.25) is 0 Å². The number of fused-ring (bicyclic) bond motifs is 1. The minimum atomic E-state index is -0.283. The van der Waals surface area contributed by atoms with Crippen LogP contribution in [0.4, 0.5) is 5.82 Å². The highest BCUT2D eigenvalue weighted by atomic mass is 16.3. The van der Waals surface area contributed by atoms with Gasteiger partial charge in [0.25, 0.3) is 5.91 Å². The van der Waals surface area contributed by atoms with Crippen molar-refractivity contribution >= 4 is 17.5 Å². The van der Waals surface area contributed by atoms with Gasteiger partial charge < -0.3 is 14.7 Å². The number of Topliss-reactive ketones (excluding diaryl/α,β-unsaturated/α-hetero) is 1. The van der Waals surface area contributed by atoms with Crippen molar-refractivity contribution in [3.05, 3.63) is 58.4 Å². The summed E-state index contributed by atoms with van der Waals surface area (Å²) >= 11 is 0. The minimum absolute atomic E-state index is 0.0947. The van der Waals surface area contributed by atoms with E-state index in [1.807, 2.05) is 26.0 Å². The van der Waals surface area contributed by atoms with E-state index in [1.54, 1.807) is 16.9 Å². The maximum absolute atomic E-state index is 12.9. The second kappa shape index (κ2) is 6.51. The van der Waals surface area contributed by atoms with Crippen LogP contribution in [0, 0.1) is 19.3 Å². The summed E-state index contributed by atoms with van der Waals surface area (Å²) in [6, 6.07) is 5.52. The van der Waals surface area contributed by atoms with Gasteiger partial charge in [0, 0.05) is 23.7 Å². The quantitative estimate of drug-likeness (QED) is 0.718. The van der Waals surface area contributed by atoms with Gasteiger partial charge in [-0.25, -0.2) is 4.68 Å². The number of aromatic amines is 1. The van der Waals surface area contributed by atoms with Gasteiger partial charge in [0.2, 0.25) is 0 Å². The predicted octanol–water partition coefficient (Wildman–Crippen LogP) is 3.88. The van der Waals surface area contributed by atoms with Gasteiger partial charge in [-0.3, -0.25) is 9.59 Å².